The lowest BCUT2D eigenvalue weighted by molar-refractivity contribution is -0.173. The van der Waals surface area contributed by atoms with Gasteiger partial charge in [-0.05, 0) is 30.0 Å². The van der Waals surface area contributed by atoms with Crippen LogP contribution >= 0.6 is 11.3 Å². The summed E-state index contributed by atoms with van der Waals surface area (Å²) in [5, 5.41) is 1.96. The third-order valence-corrected chi connectivity index (χ3v) is 5.37. The number of ether oxygens (including phenoxy) is 3. The number of methoxy groups -OCH3 is 1. The number of carbonyl (C=O) groups excluding carboxylic acids is 2. The van der Waals surface area contributed by atoms with Gasteiger partial charge in [-0.3, -0.25) is 4.79 Å². The standard InChI is InChI=1S/C19H19FO5S/c1-11(16-13-8-10-26-15(13)7-9-24-16)18(21)25-17(19(22)23-2)12-5-3-4-6-14(12)20/h3-6,8,10-11,16-17H,7,9H2,1-2H3. The second kappa shape index (κ2) is 7.97. The number of rotatable bonds is 5. The predicted octanol–water partition coefficient (Wildman–Crippen LogP) is 3.59. The van der Waals surface area contributed by atoms with Crippen LogP contribution in [-0.4, -0.2) is 25.7 Å². The van der Waals surface area contributed by atoms with E-state index in [0.29, 0.717) is 6.61 Å². The van der Waals surface area contributed by atoms with Gasteiger partial charge in [0.2, 0.25) is 6.10 Å². The summed E-state index contributed by atoms with van der Waals surface area (Å²) in [6.07, 6.45) is -1.09. The molecular formula is C19H19FO5S. The minimum Gasteiger partial charge on any atom is -0.466 e. The topological polar surface area (TPSA) is 61.8 Å². The fourth-order valence-corrected chi connectivity index (χ4v) is 3.87. The van der Waals surface area contributed by atoms with Crippen molar-refractivity contribution < 1.29 is 28.2 Å². The highest BCUT2D eigenvalue weighted by atomic mass is 32.1. The Morgan fingerprint density at radius 2 is 2.04 bits per heavy atom. The lowest BCUT2D eigenvalue weighted by Gasteiger charge is -2.28. The number of benzene rings is 1. The molecule has 1 aliphatic heterocycles. The molecule has 1 aliphatic rings. The van der Waals surface area contributed by atoms with E-state index in [1.807, 2.05) is 11.4 Å². The molecule has 3 atom stereocenters. The quantitative estimate of drug-likeness (QED) is 0.744. The molecule has 26 heavy (non-hydrogen) atoms. The van der Waals surface area contributed by atoms with E-state index in [9.17, 15) is 14.0 Å². The Hall–Kier alpha value is -2.25. The van der Waals surface area contributed by atoms with Gasteiger partial charge >= 0.3 is 11.9 Å². The molecule has 2 heterocycles. The molecule has 0 N–H and O–H groups in total. The highest BCUT2D eigenvalue weighted by Gasteiger charge is 2.36. The van der Waals surface area contributed by atoms with Gasteiger partial charge < -0.3 is 14.2 Å². The average molecular weight is 378 g/mol. The van der Waals surface area contributed by atoms with Crippen molar-refractivity contribution in [2.24, 2.45) is 5.92 Å². The summed E-state index contributed by atoms with van der Waals surface area (Å²) < 4.78 is 29.9. The van der Waals surface area contributed by atoms with Crippen LogP contribution < -0.4 is 0 Å². The Balaban J connectivity index is 1.80. The summed E-state index contributed by atoms with van der Waals surface area (Å²) >= 11 is 1.62. The largest absolute Gasteiger partial charge is 0.466 e. The molecule has 1 aromatic carbocycles. The number of hydrogen-bond donors (Lipinski definition) is 0. The van der Waals surface area contributed by atoms with E-state index in [4.69, 9.17) is 9.47 Å². The van der Waals surface area contributed by atoms with E-state index in [1.165, 1.54) is 23.1 Å². The second-order valence-electron chi connectivity index (χ2n) is 5.99. The van der Waals surface area contributed by atoms with Gasteiger partial charge in [-0.2, -0.15) is 0 Å². The van der Waals surface area contributed by atoms with Crippen LogP contribution in [0, 0.1) is 11.7 Å². The molecule has 1 aromatic heterocycles. The third kappa shape index (κ3) is 3.64. The lowest BCUT2D eigenvalue weighted by Crippen LogP contribution is -2.30. The van der Waals surface area contributed by atoms with E-state index in [1.54, 1.807) is 24.3 Å². The molecule has 0 radical (unpaired) electrons. The van der Waals surface area contributed by atoms with Gasteiger partial charge in [0.15, 0.2) is 0 Å². The third-order valence-electron chi connectivity index (χ3n) is 4.38. The first-order chi connectivity index (χ1) is 12.5. The van der Waals surface area contributed by atoms with Crippen molar-refractivity contribution in [1.82, 2.24) is 0 Å². The summed E-state index contributed by atoms with van der Waals surface area (Å²) in [7, 11) is 1.16. The smallest absolute Gasteiger partial charge is 0.352 e. The normalized spacial score (nSPS) is 18.5. The average Bonchev–Trinajstić information content (AvgIpc) is 3.14. The molecule has 0 saturated heterocycles. The monoisotopic (exact) mass is 378 g/mol. The van der Waals surface area contributed by atoms with Gasteiger partial charge in [-0.15, -0.1) is 11.3 Å². The zero-order valence-corrected chi connectivity index (χ0v) is 15.3. The maximum Gasteiger partial charge on any atom is 0.352 e. The van der Waals surface area contributed by atoms with Gasteiger partial charge in [0.05, 0.1) is 25.7 Å². The molecule has 0 aliphatic carbocycles. The van der Waals surface area contributed by atoms with Crippen LogP contribution in [-0.2, 0) is 30.2 Å². The molecule has 138 valence electrons. The Kier molecular flexibility index (Phi) is 5.68. The maximum atomic E-state index is 14.1. The highest BCUT2D eigenvalue weighted by Crippen LogP contribution is 2.37. The van der Waals surface area contributed by atoms with E-state index in [2.05, 4.69) is 4.74 Å². The van der Waals surface area contributed by atoms with Crippen molar-refractivity contribution >= 4 is 23.3 Å². The Labute approximate surface area is 154 Å². The maximum absolute atomic E-state index is 14.1. The Morgan fingerprint density at radius 3 is 2.77 bits per heavy atom. The van der Waals surface area contributed by atoms with Crippen LogP contribution in [0.3, 0.4) is 0 Å². The van der Waals surface area contributed by atoms with Gasteiger partial charge in [0.1, 0.15) is 5.82 Å². The second-order valence-corrected chi connectivity index (χ2v) is 6.99. The van der Waals surface area contributed by atoms with Crippen molar-refractivity contribution in [1.29, 1.82) is 0 Å². The zero-order chi connectivity index (χ0) is 18.7. The zero-order valence-electron chi connectivity index (χ0n) is 14.4. The molecule has 0 bridgehead atoms. The predicted molar refractivity (Wildman–Crippen MR) is 93.1 cm³/mol. The van der Waals surface area contributed by atoms with Gasteiger partial charge in [-0.25, -0.2) is 9.18 Å². The fourth-order valence-electron chi connectivity index (χ4n) is 2.97. The minimum absolute atomic E-state index is 0.0410. The van der Waals surface area contributed by atoms with E-state index >= 15 is 0 Å². The number of halogens is 1. The molecule has 3 unspecified atom stereocenters. The Morgan fingerprint density at radius 1 is 1.27 bits per heavy atom. The van der Waals surface area contributed by atoms with E-state index < -0.39 is 35.9 Å². The van der Waals surface area contributed by atoms with E-state index in [-0.39, 0.29) is 5.56 Å². The molecule has 2 aromatic rings. The summed E-state index contributed by atoms with van der Waals surface area (Å²) in [5.41, 5.74) is 0.923. The van der Waals surface area contributed by atoms with Crippen molar-refractivity contribution in [2.75, 3.05) is 13.7 Å². The molecule has 0 amide bonds. The van der Waals surface area contributed by atoms with Crippen LogP contribution in [0.25, 0.3) is 0 Å². The minimum atomic E-state index is -1.46. The van der Waals surface area contributed by atoms with Gasteiger partial charge in [0, 0.05) is 16.9 Å². The van der Waals surface area contributed by atoms with Crippen LogP contribution in [0.4, 0.5) is 4.39 Å². The van der Waals surface area contributed by atoms with Gasteiger partial charge in [-0.1, -0.05) is 18.2 Å². The number of fused-ring (bicyclic) bond motifs is 1. The van der Waals surface area contributed by atoms with Crippen molar-refractivity contribution in [2.45, 2.75) is 25.6 Å². The molecule has 0 spiro atoms. The summed E-state index contributed by atoms with van der Waals surface area (Å²) in [6, 6.07) is 7.58. The summed E-state index contributed by atoms with van der Waals surface area (Å²) in [6.45, 7) is 2.19. The fraction of sp³-hybridized carbons (Fsp3) is 0.368. The molecule has 5 nitrogen and oxygen atoms in total. The van der Waals surface area contributed by atoms with Crippen molar-refractivity contribution in [3.05, 3.63) is 57.5 Å². The van der Waals surface area contributed by atoms with Crippen LogP contribution in [0.15, 0.2) is 35.7 Å². The first-order valence-corrected chi connectivity index (χ1v) is 9.11. The summed E-state index contributed by atoms with van der Waals surface area (Å²) in [4.78, 5) is 25.9. The number of carbonyl (C=O) groups is 2. The van der Waals surface area contributed by atoms with Gasteiger partial charge in [0.25, 0.3) is 0 Å². The molecule has 3 rings (SSSR count). The van der Waals surface area contributed by atoms with Crippen LogP contribution in [0.1, 0.15) is 35.1 Å². The Bertz CT molecular complexity index is 803. The molecule has 7 heteroatoms. The summed E-state index contributed by atoms with van der Waals surface area (Å²) in [5.74, 6) is -2.77. The van der Waals surface area contributed by atoms with Crippen LogP contribution in [0.5, 0.6) is 0 Å². The van der Waals surface area contributed by atoms with Crippen molar-refractivity contribution in [3.63, 3.8) is 0 Å². The van der Waals surface area contributed by atoms with E-state index in [0.717, 1.165) is 19.1 Å². The van der Waals surface area contributed by atoms with Crippen LogP contribution in [0.2, 0.25) is 0 Å². The number of thiophene rings is 1. The molecule has 0 fully saturated rings. The number of hydrogen-bond acceptors (Lipinski definition) is 6. The highest BCUT2D eigenvalue weighted by molar-refractivity contribution is 7.10. The molecular weight excluding hydrogens is 359 g/mol. The lowest BCUT2D eigenvalue weighted by atomic mass is 9.95. The first-order valence-electron chi connectivity index (χ1n) is 8.23. The van der Waals surface area contributed by atoms with Crippen molar-refractivity contribution in [3.8, 4) is 0 Å². The SMILES string of the molecule is COC(=O)C(OC(=O)C(C)C1OCCc2sccc21)c1ccccc1F. The molecule has 0 saturated carbocycles. The first kappa shape index (κ1) is 18.5. The number of esters is 2.